The maximum Gasteiger partial charge on any atom is 0.266 e. The van der Waals surface area contributed by atoms with Crippen molar-refractivity contribution < 1.29 is 4.79 Å². The zero-order valence-corrected chi connectivity index (χ0v) is 15.7. The third kappa shape index (κ3) is 3.16. The van der Waals surface area contributed by atoms with Crippen LogP contribution in [0.15, 0.2) is 63.0 Å². The molecule has 0 N–H and O–H groups in total. The van der Waals surface area contributed by atoms with Gasteiger partial charge in [-0.2, -0.15) is 0 Å². The summed E-state index contributed by atoms with van der Waals surface area (Å²) in [5.41, 5.74) is 1.29. The molecule has 0 amide bonds. The number of fused-ring (bicyclic) bond motifs is 1. The molecule has 1 unspecified atom stereocenters. The van der Waals surface area contributed by atoms with E-state index in [-0.39, 0.29) is 16.6 Å². The van der Waals surface area contributed by atoms with Gasteiger partial charge in [0.25, 0.3) is 5.56 Å². The average Bonchev–Trinajstić information content (AvgIpc) is 3.01. The first kappa shape index (κ1) is 16.5. The Kier molecular flexibility index (Phi) is 4.48. The molecule has 0 aliphatic heterocycles. The minimum atomic E-state index is -0.120. The zero-order chi connectivity index (χ0) is 17.4. The number of aromatic nitrogens is 2. The largest absolute Gasteiger partial charge is 0.298 e. The quantitative estimate of drug-likeness (QED) is 0.597. The highest BCUT2D eigenvalue weighted by Gasteiger charge is 2.27. The molecule has 1 fully saturated rings. The van der Waals surface area contributed by atoms with E-state index >= 15 is 0 Å². The van der Waals surface area contributed by atoms with Crippen molar-refractivity contribution in [3.8, 4) is 5.69 Å². The Balaban J connectivity index is 1.94. The molecule has 126 valence electrons. The Morgan fingerprint density at radius 2 is 1.92 bits per heavy atom. The topological polar surface area (TPSA) is 52.0 Å². The van der Waals surface area contributed by atoms with E-state index in [9.17, 15) is 9.59 Å². The highest BCUT2D eigenvalue weighted by Crippen LogP contribution is 2.33. The number of rotatable bonds is 3. The molecule has 1 aliphatic carbocycles. The molecule has 4 nitrogen and oxygen atoms in total. The summed E-state index contributed by atoms with van der Waals surface area (Å²) < 4.78 is 2.45. The molecule has 2 aromatic carbocycles. The molecule has 3 aromatic rings. The van der Waals surface area contributed by atoms with E-state index < -0.39 is 0 Å². The van der Waals surface area contributed by atoms with Crippen LogP contribution in [0.3, 0.4) is 0 Å². The van der Waals surface area contributed by atoms with Crippen molar-refractivity contribution in [2.45, 2.75) is 29.7 Å². The molecule has 0 bridgehead atoms. The molecule has 1 aliphatic rings. The molecule has 0 spiro atoms. The predicted octanol–water partition coefficient (Wildman–Crippen LogP) is 4.36. The van der Waals surface area contributed by atoms with Crippen molar-refractivity contribution in [1.82, 2.24) is 9.55 Å². The number of thioether (sulfide) groups is 1. The predicted molar refractivity (Wildman–Crippen MR) is 104 cm³/mol. The summed E-state index contributed by atoms with van der Waals surface area (Å²) in [5, 5.41) is 1.02. The molecule has 1 heterocycles. The molecule has 1 saturated carbocycles. The number of carbonyl (C=O) groups excluding carboxylic acids is 1. The monoisotopic (exact) mass is 414 g/mol. The molecule has 0 saturated heterocycles. The molecule has 25 heavy (non-hydrogen) atoms. The maximum atomic E-state index is 13.2. The number of para-hydroxylation sites is 1. The lowest BCUT2D eigenvalue weighted by Crippen LogP contribution is -2.23. The highest BCUT2D eigenvalue weighted by molar-refractivity contribution is 9.10. The van der Waals surface area contributed by atoms with Crippen LogP contribution in [-0.2, 0) is 4.79 Å². The van der Waals surface area contributed by atoms with Gasteiger partial charge in [0, 0.05) is 10.9 Å². The number of carbonyl (C=O) groups is 1. The van der Waals surface area contributed by atoms with Crippen LogP contribution in [0.1, 0.15) is 19.3 Å². The normalized spacial score (nSPS) is 17.3. The van der Waals surface area contributed by atoms with Crippen LogP contribution in [0, 0.1) is 0 Å². The molecule has 1 atom stereocenters. The summed E-state index contributed by atoms with van der Waals surface area (Å²) in [7, 11) is 0. The van der Waals surface area contributed by atoms with Crippen LogP contribution >= 0.6 is 27.7 Å². The number of nitrogens with zero attached hydrogens (tertiary/aromatic N) is 2. The third-order valence-electron chi connectivity index (χ3n) is 4.31. The van der Waals surface area contributed by atoms with Gasteiger partial charge in [-0.15, -0.1) is 0 Å². The Bertz CT molecular complexity index is 1020. The van der Waals surface area contributed by atoms with Crippen LogP contribution in [0.25, 0.3) is 16.6 Å². The van der Waals surface area contributed by atoms with Crippen molar-refractivity contribution in [2.75, 3.05) is 0 Å². The lowest BCUT2D eigenvalue weighted by Gasteiger charge is -2.15. The Morgan fingerprint density at radius 3 is 2.64 bits per heavy atom. The van der Waals surface area contributed by atoms with E-state index in [0.29, 0.717) is 22.5 Å². The van der Waals surface area contributed by atoms with Crippen LogP contribution < -0.4 is 5.56 Å². The van der Waals surface area contributed by atoms with E-state index in [4.69, 9.17) is 4.98 Å². The van der Waals surface area contributed by atoms with Gasteiger partial charge >= 0.3 is 0 Å². The van der Waals surface area contributed by atoms with Crippen molar-refractivity contribution in [3.63, 3.8) is 0 Å². The van der Waals surface area contributed by atoms with Crippen LogP contribution in [-0.4, -0.2) is 20.6 Å². The standard InChI is InChI=1S/C19H15BrN2O2S/c20-12-9-10-15-14(11-12)18(24)22(13-5-2-1-3-6-13)19(21-15)25-17-8-4-7-16(17)23/h1-3,5-6,9-11,17H,4,7-8H2. The van der Waals surface area contributed by atoms with Crippen molar-refractivity contribution in [2.24, 2.45) is 0 Å². The van der Waals surface area contributed by atoms with Gasteiger partial charge < -0.3 is 0 Å². The van der Waals surface area contributed by atoms with E-state index in [1.54, 1.807) is 10.6 Å². The SMILES string of the molecule is O=C1CCCC1Sc1nc2ccc(Br)cc2c(=O)n1-c1ccccc1. The fourth-order valence-electron chi connectivity index (χ4n) is 3.06. The molecule has 0 radical (unpaired) electrons. The van der Waals surface area contributed by atoms with E-state index in [2.05, 4.69) is 15.9 Å². The Hall–Kier alpha value is -1.92. The minimum absolute atomic E-state index is 0.116. The molecule has 4 rings (SSSR count). The summed E-state index contributed by atoms with van der Waals surface area (Å²) in [4.78, 5) is 29.9. The first-order valence-electron chi connectivity index (χ1n) is 8.10. The van der Waals surface area contributed by atoms with Crippen molar-refractivity contribution >= 4 is 44.4 Å². The maximum absolute atomic E-state index is 13.2. The van der Waals surface area contributed by atoms with Crippen molar-refractivity contribution in [1.29, 1.82) is 0 Å². The second-order valence-electron chi connectivity index (χ2n) is 6.00. The number of halogens is 1. The minimum Gasteiger partial charge on any atom is -0.298 e. The average molecular weight is 415 g/mol. The van der Waals surface area contributed by atoms with Crippen LogP contribution in [0.5, 0.6) is 0 Å². The van der Waals surface area contributed by atoms with Crippen molar-refractivity contribution in [3.05, 3.63) is 63.4 Å². The fourth-order valence-corrected chi connectivity index (χ4v) is 4.65. The number of ketones is 1. The van der Waals surface area contributed by atoms with Gasteiger partial charge in [-0.05, 0) is 43.2 Å². The molecule has 6 heteroatoms. The summed E-state index contributed by atoms with van der Waals surface area (Å²) in [6.45, 7) is 0. The first-order chi connectivity index (χ1) is 12.1. The first-order valence-corrected chi connectivity index (χ1v) is 9.78. The van der Waals surface area contributed by atoms with Crippen LogP contribution in [0.2, 0.25) is 0 Å². The third-order valence-corrected chi connectivity index (χ3v) is 6.07. The molecular weight excluding hydrogens is 400 g/mol. The van der Waals surface area contributed by atoms with Gasteiger partial charge in [0.1, 0.15) is 5.78 Å². The second-order valence-corrected chi connectivity index (χ2v) is 8.08. The van der Waals surface area contributed by atoms with Gasteiger partial charge in [0.05, 0.1) is 21.8 Å². The lowest BCUT2D eigenvalue weighted by atomic mass is 10.2. The fraction of sp³-hybridized carbons (Fsp3) is 0.211. The van der Waals surface area contributed by atoms with E-state index in [0.717, 1.165) is 23.0 Å². The van der Waals surface area contributed by atoms with Gasteiger partial charge in [-0.25, -0.2) is 4.98 Å². The Morgan fingerprint density at radius 1 is 1.12 bits per heavy atom. The smallest absolute Gasteiger partial charge is 0.266 e. The Labute approximate surface area is 157 Å². The summed E-state index contributed by atoms with van der Waals surface area (Å²) in [5.74, 6) is 0.245. The molecular formula is C19H15BrN2O2S. The molecule has 1 aromatic heterocycles. The highest BCUT2D eigenvalue weighted by atomic mass is 79.9. The van der Waals surface area contributed by atoms with E-state index in [1.807, 2.05) is 42.5 Å². The van der Waals surface area contributed by atoms with Gasteiger partial charge in [-0.1, -0.05) is 45.9 Å². The van der Waals surface area contributed by atoms with E-state index in [1.165, 1.54) is 11.8 Å². The number of hydrogen-bond acceptors (Lipinski definition) is 4. The summed E-state index contributed by atoms with van der Waals surface area (Å²) in [6.07, 6.45) is 2.37. The number of Topliss-reactive ketones (excluding diaryl/α,β-unsaturated/α-hetero) is 1. The van der Waals surface area contributed by atoms with Gasteiger partial charge in [0.2, 0.25) is 0 Å². The second kappa shape index (κ2) is 6.77. The van der Waals surface area contributed by atoms with Crippen LogP contribution in [0.4, 0.5) is 0 Å². The summed E-state index contributed by atoms with van der Waals surface area (Å²) >= 11 is 4.82. The number of hydrogen-bond donors (Lipinski definition) is 0. The zero-order valence-electron chi connectivity index (χ0n) is 13.3. The lowest BCUT2D eigenvalue weighted by molar-refractivity contribution is -0.116. The summed E-state index contributed by atoms with van der Waals surface area (Å²) in [6, 6.07) is 14.9. The van der Waals surface area contributed by atoms with Gasteiger partial charge in [0.15, 0.2) is 5.16 Å². The number of benzene rings is 2. The van der Waals surface area contributed by atoms with Gasteiger partial charge in [-0.3, -0.25) is 14.2 Å².